The predicted octanol–water partition coefficient (Wildman–Crippen LogP) is 3.28. The lowest BCUT2D eigenvalue weighted by Gasteiger charge is -2.25. The largest absolute Gasteiger partial charge is 0.481 e. The standard InChI is InChI=1S/C21H22N4O2/c1-5-13-8-14-6-7-15(9-17(14)24-20(13)26)21(2,3)11-18-23-16(12-22)10-19(25-18)27-4/h6-10H,5,11H2,1-4H3,(H,24,26). The van der Waals surface area contributed by atoms with Crippen LogP contribution in [-0.4, -0.2) is 22.1 Å². The number of nitrogens with zero attached hydrogens (tertiary/aromatic N) is 3. The van der Waals surface area contributed by atoms with Crippen molar-refractivity contribution in [2.45, 2.75) is 39.0 Å². The highest BCUT2D eigenvalue weighted by molar-refractivity contribution is 5.80. The summed E-state index contributed by atoms with van der Waals surface area (Å²) in [4.78, 5) is 23.8. The Morgan fingerprint density at radius 3 is 2.67 bits per heavy atom. The second kappa shape index (κ2) is 7.20. The Hall–Kier alpha value is -3.20. The Morgan fingerprint density at radius 2 is 2.00 bits per heavy atom. The Kier molecular flexibility index (Phi) is 4.95. The van der Waals surface area contributed by atoms with E-state index in [1.807, 2.05) is 31.2 Å². The van der Waals surface area contributed by atoms with Crippen LogP contribution in [0.4, 0.5) is 0 Å². The average Bonchev–Trinajstić information content (AvgIpc) is 2.66. The summed E-state index contributed by atoms with van der Waals surface area (Å²) in [5, 5.41) is 10.2. The summed E-state index contributed by atoms with van der Waals surface area (Å²) < 4.78 is 5.17. The number of ether oxygens (including phenoxy) is 1. The van der Waals surface area contributed by atoms with Crippen molar-refractivity contribution in [2.24, 2.45) is 0 Å². The minimum atomic E-state index is -0.298. The predicted molar refractivity (Wildman–Crippen MR) is 104 cm³/mol. The van der Waals surface area contributed by atoms with Gasteiger partial charge in [-0.15, -0.1) is 0 Å². The average molecular weight is 362 g/mol. The van der Waals surface area contributed by atoms with Crippen LogP contribution in [0.5, 0.6) is 5.88 Å². The molecule has 138 valence electrons. The molecule has 0 unspecified atom stereocenters. The quantitative estimate of drug-likeness (QED) is 0.752. The molecule has 2 aromatic heterocycles. The summed E-state index contributed by atoms with van der Waals surface area (Å²) in [6, 6.07) is 11.6. The third-order valence-corrected chi connectivity index (χ3v) is 4.76. The van der Waals surface area contributed by atoms with E-state index in [1.165, 1.54) is 13.2 Å². The molecule has 0 saturated carbocycles. The molecular weight excluding hydrogens is 340 g/mol. The van der Waals surface area contributed by atoms with Gasteiger partial charge in [-0.1, -0.05) is 32.9 Å². The van der Waals surface area contributed by atoms with Crippen molar-refractivity contribution >= 4 is 10.9 Å². The minimum Gasteiger partial charge on any atom is -0.481 e. The third-order valence-electron chi connectivity index (χ3n) is 4.76. The van der Waals surface area contributed by atoms with Crippen molar-refractivity contribution in [1.29, 1.82) is 5.26 Å². The monoisotopic (exact) mass is 362 g/mol. The molecule has 0 aliphatic heterocycles. The van der Waals surface area contributed by atoms with Crippen molar-refractivity contribution in [2.75, 3.05) is 7.11 Å². The Morgan fingerprint density at radius 1 is 1.22 bits per heavy atom. The molecule has 3 aromatic rings. The second-order valence-corrected chi connectivity index (χ2v) is 7.16. The van der Waals surface area contributed by atoms with Gasteiger partial charge < -0.3 is 9.72 Å². The summed E-state index contributed by atoms with van der Waals surface area (Å²) in [7, 11) is 1.52. The lowest BCUT2D eigenvalue weighted by molar-refractivity contribution is 0.391. The lowest BCUT2D eigenvalue weighted by Crippen LogP contribution is -2.22. The number of pyridine rings is 1. The third kappa shape index (κ3) is 3.82. The van der Waals surface area contributed by atoms with Gasteiger partial charge in [-0.3, -0.25) is 4.79 Å². The molecule has 0 spiro atoms. The number of methoxy groups -OCH3 is 1. The molecule has 2 heterocycles. The minimum absolute atomic E-state index is 0.0465. The van der Waals surface area contributed by atoms with Gasteiger partial charge in [0.15, 0.2) is 0 Å². The molecule has 0 radical (unpaired) electrons. The van der Waals surface area contributed by atoms with E-state index in [1.54, 1.807) is 0 Å². The van der Waals surface area contributed by atoms with E-state index in [2.05, 4.69) is 34.9 Å². The fourth-order valence-corrected chi connectivity index (χ4v) is 3.14. The maximum absolute atomic E-state index is 12.1. The van der Waals surface area contributed by atoms with Crippen LogP contribution in [0.1, 0.15) is 43.4 Å². The van der Waals surface area contributed by atoms with Gasteiger partial charge in [-0.05, 0) is 34.9 Å². The van der Waals surface area contributed by atoms with Gasteiger partial charge in [0.2, 0.25) is 5.88 Å². The zero-order chi connectivity index (χ0) is 19.6. The van der Waals surface area contributed by atoms with Gasteiger partial charge in [-0.25, -0.2) is 4.98 Å². The van der Waals surface area contributed by atoms with E-state index in [4.69, 9.17) is 10.00 Å². The topological polar surface area (TPSA) is 91.7 Å². The highest BCUT2D eigenvalue weighted by Gasteiger charge is 2.24. The Labute approximate surface area is 157 Å². The molecule has 6 nitrogen and oxygen atoms in total. The highest BCUT2D eigenvalue weighted by Crippen LogP contribution is 2.29. The molecule has 0 aliphatic rings. The SMILES string of the molecule is CCc1cc2ccc(C(C)(C)Cc3nc(C#N)cc(OC)n3)cc2[nH]c1=O. The number of H-pyrrole nitrogens is 1. The number of aryl methyl sites for hydroxylation is 1. The van der Waals surface area contributed by atoms with Gasteiger partial charge in [-0.2, -0.15) is 10.2 Å². The number of nitriles is 1. The molecule has 0 aliphatic carbocycles. The number of fused-ring (bicyclic) bond motifs is 1. The highest BCUT2D eigenvalue weighted by atomic mass is 16.5. The van der Waals surface area contributed by atoms with E-state index in [9.17, 15) is 4.79 Å². The van der Waals surface area contributed by atoms with Gasteiger partial charge in [0, 0.05) is 23.6 Å². The van der Waals surface area contributed by atoms with Crippen LogP contribution < -0.4 is 10.3 Å². The van der Waals surface area contributed by atoms with E-state index in [-0.39, 0.29) is 16.7 Å². The molecule has 3 rings (SSSR count). The molecule has 6 heteroatoms. The van der Waals surface area contributed by atoms with E-state index < -0.39 is 0 Å². The number of aromatic nitrogens is 3. The zero-order valence-corrected chi connectivity index (χ0v) is 16.0. The van der Waals surface area contributed by atoms with E-state index in [0.29, 0.717) is 24.5 Å². The van der Waals surface area contributed by atoms with Crippen LogP contribution in [-0.2, 0) is 18.3 Å². The number of nitrogens with one attached hydrogen (secondary N) is 1. The first-order valence-electron chi connectivity index (χ1n) is 8.85. The van der Waals surface area contributed by atoms with Gasteiger partial charge in [0.25, 0.3) is 5.56 Å². The van der Waals surface area contributed by atoms with Gasteiger partial charge in [0.05, 0.1) is 7.11 Å². The van der Waals surface area contributed by atoms with Crippen LogP contribution >= 0.6 is 0 Å². The zero-order valence-electron chi connectivity index (χ0n) is 16.0. The van der Waals surface area contributed by atoms with Crippen LogP contribution in [0.25, 0.3) is 10.9 Å². The molecule has 0 fully saturated rings. The van der Waals surface area contributed by atoms with Crippen molar-refractivity contribution in [3.05, 3.63) is 63.3 Å². The molecule has 0 atom stereocenters. The number of aromatic amines is 1. The lowest BCUT2D eigenvalue weighted by atomic mass is 9.81. The first-order chi connectivity index (χ1) is 12.9. The Bertz CT molecular complexity index is 1090. The van der Waals surface area contributed by atoms with Crippen molar-refractivity contribution in [3.63, 3.8) is 0 Å². The second-order valence-electron chi connectivity index (χ2n) is 7.16. The molecular formula is C21H22N4O2. The normalized spacial score (nSPS) is 11.4. The first-order valence-corrected chi connectivity index (χ1v) is 8.85. The van der Waals surface area contributed by atoms with Gasteiger partial charge in [0.1, 0.15) is 17.6 Å². The summed E-state index contributed by atoms with van der Waals surface area (Å²) in [6.45, 7) is 6.14. The summed E-state index contributed by atoms with van der Waals surface area (Å²) in [6.07, 6.45) is 1.23. The molecule has 0 bridgehead atoms. The van der Waals surface area contributed by atoms with Crippen LogP contribution in [0.2, 0.25) is 0 Å². The number of hydrogen-bond acceptors (Lipinski definition) is 5. The molecule has 27 heavy (non-hydrogen) atoms. The van der Waals surface area contributed by atoms with Crippen molar-refractivity contribution < 1.29 is 4.74 Å². The van der Waals surface area contributed by atoms with E-state index >= 15 is 0 Å². The summed E-state index contributed by atoms with van der Waals surface area (Å²) in [5.41, 5.74) is 2.58. The summed E-state index contributed by atoms with van der Waals surface area (Å²) >= 11 is 0. The fourth-order valence-electron chi connectivity index (χ4n) is 3.14. The van der Waals surface area contributed by atoms with Crippen molar-refractivity contribution in [3.8, 4) is 11.9 Å². The van der Waals surface area contributed by atoms with Crippen molar-refractivity contribution in [1.82, 2.24) is 15.0 Å². The van der Waals surface area contributed by atoms with Gasteiger partial charge >= 0.3 is 0 Å². The number of rotatable bonds is 5. The maximum atomic E-state index is 12.1. The smallest absolute Gasteiger partial charge is 0.251 e. The maximum Gasteiger partial charge on any atom is 0.251 e. The van der Waals surface area contributed by atoms with E-state index in [0.717, 1.165) is 22.0 Å². The summed E-state index contributed by atoms with van der Waals surface area (Å²) in [5.74, 6) is 0.924. The van der Waals surface area contributed by atoms with Crippen LogP contribution in [0.15, 0.2) is 35.1 Å². The number of hydrogen-bond donors (Lipinski definition) is 1. The first kappa shape index (κ1) is 18.6. The Balaban J connectivity index is 1.99. The van der Waals surface area contributed by atoms with Crippen LogP contribution in [0.3, 0.4) is 0 Å². The molecule has 1 aromatic carbocycles. The van der Waals surface area contributed by atoms with Crippen LogP contribution in [0, 0.1) is 11.3 Å². The number of benzene rings is 1. The fraction of sp³-hybridized carbons (Fsp3) is 0.333. The molecule has 0 amide bonds. The molecule has 0 saturated heterocycles. The molecule has 1 N–H and O–H groups in total.